The van der Waals surface area contributed by atoms with Crippen molar-refractivity contribution in [3.05, 3.63) is 29.8 Å². The summed E-state index contributed by atoms with van der Waals surface area (Å²) in [7, 11) is 0. The molecule has 1 saturated heterocycles. The van der Waals surface area contributed by atoms with Crippen LogP contribution in [0.1, 0.15) is 32.8 Å². The van der Waals surface area contributed by atoms with Gasteiger partial charge >= 0.3 is 0 Å². The Morgan fingerprint density at radius 1 is 1.37 bits per heavy atom. The van der Waals surface area contributed by atoms with Crippen molar-refractivity contribution in [3.63, 3.8) is 0 Å². The second-order valence-corrected chi connectivity index (χ2v) is 7.83. The van der Waals surface area contributed by atoms with E-state index in [0.29, 0.717) is 4.75 Å². The van der Waals surface area contributed by atoms with Crippen LogP contribution in [0.2, 0.25) is 0 Å². The first-order valence-electron chi connectivity index (χ1n) is 7.24. The third-order valence-corrected chi connectivity index (χ3v) is 5.06. The van der Waals surface area contributed by atoms with Crippen molar-refractivity contribution in [1.29, 1.82) is 0 Å². The largest absolute Gasteiger partial charge is 0.369 e. The lowest BCUT2D eigenvalue weighted by Gasteiger charge is -2.40. The van der Waals surface area contributed by atoms with Gasteiger partial charge in [-0.3, -0.25) is 0 Å². The van der Waals surface area contributed by atoms with Crippen LogP contribution in [0.5, 0.6) is 0 Å². The molecule has 0 aliphatic carbocycles. The van der Waals surface area contributed by atoms with E-state index < -0.39 is 0 Å². The molecular formula is C16H26N2S. The molecule has 2 rings (SSSR count). The Morgan fingerprint density at radius 3 is 2.79 bits per heavy atom. The molecule has 1 atom stereocenters. The van der Waals surface area contributed by atoms with Gasteiger partial charge < -0.3 is 10.6 Å². The van der Waals surface area contributed by atoms with Gasteiger partial charge in [-0.25, -0.2) is 0 Å². The zero-order valence-electron chi connectivity index (χ0n) is 12.4. The molecule has 0 spiro atoms. The average Bonchev–Trinajstić information content (AvgIpc) is 2.38. The minimum atomic E-state index is 0.272. The van der Waals surface area contributed by atoms with Crippen molar-refractivity contribution in [2.75, 3.05) is 23.7 Å². The van der Waals surface area contributed by atoms with Gasteiger partial charge in [0.05, 0.1) is 0 Å². The van der Waals surface area contributed by atoms with Crippen LogP contribution in [0.15, 0.2) is 24.3 Å². The molecular weight excluding hydrogens is 252 g/mol. The summed E-state index contributed by atoms with van der Waals surface area (Å²) in [6.45, 7) is 9.10. The van der Waals surface area contributed by atoms with Gasteiger partial charge in [0.2, 0.25) is 0 Å². The van der Waals surface area contributed by atoms with E-state index in [1.807, 2.05) is 0 Å². The summed E-state index contributed by atoms with van der Waals surface area (Å²) in [5.74, 6) is 1.21. The maximum atomic E-state index is 6.13. The fraction of sp³-hybridized carbons (Fsp3) is 0.625. The summed E-state index contributed by atoms with van der Waals surface area (Å²) in [4.78, 5) is 2.54. The van der Waals surface area contributed by atoms with Crippen LogP contribution >= 0.6 is 11.8 Å². The highest BCUT2D eigenvalue weighted by Gasteiger charge is 2.28. The van der Waals surface area contributed by atoms with E-state index in [0.717, 1.165) is 25.9 Å². The number of benzene rings is 1. The second kappa shape index (κ2) is 6.19. The van der Waals surface area contributed by atoms with Crippen LogP contribution in [-0.2, 0) is 6.42 Å². The van der Waals surface area contributed by atoms with Gasteiger partial charge in [-0.05, 0) is 38.3 Å². The van der Waals surface area contributed by atoms with Gasteiger partial charge in [-0.15, -0.1) is 0 Å². The van der Waals surface area contributed by atoms with E-state index in [9.17, 15) is 0 Å². The molecule has 1 heterocycles. The number of para-hydroxylation sites is 1. The van der Waals surface area contributed by atoms with Gasteiger partial charge in [0.15, 0.2) is 0 Å². The number of nitrogens with zero attached hydrogens (tertiary/aromatic N) is 1. The molecule has 1 aliphatic rings. The lowest BCUT2D eigenvalue weighted by atomic mass is 10.0. The molecule has 2 nitrogen and oxygen atoms in total. The Kier molecular flexibility index (Phi) is 4.80. The Balaban J connectivity index is 2.19. The van der Waals surface area contributed by atoms with Crippen LogP contribution in [0.3, 0.4) is 0 Å². The van der Waals surface area contributed by atoms with E-state index in [-0.39, 0.29) is 6.04 Å². The molecule has 1 fully saturated rings. The van der Waals surface area contributed by atoms with Crippen molar-refractivity contribution >= 4 is 17.4 Å². The topological polar surface area (TPSA) is 29.3 Å². The first-order valence-corrected chi connectivity index (χ1v) is 8.23. The van der Waals surface area contributed by atoms with Crippen LogP contribution in [0.4, 0.5) is 5.69 Å². The molecule has 0 aromatic heterocycles. The highest BCUT2D eigenvalue weighted by atomic mass is 32.2. The molecule has 0 radical (unpaired) electrons. The van der Waals surface area contributed by atoms with Crippen molar-refractivity contribution in [2.45, 2.75) is 44.4 Å². The Hall–Kier alpha value is -0.670. The first kappa shape index (κ1) is 14.7. The lowest BCUT2D eigenvalue weighted by Crippen LogP contribution is -2.43. The quantitative estimate of drug-likeness (QED) is 0.916. The lowest BCUT2D eigenvalue weighted by molar-refractivity contribution is 0.629. The van der Waals surface area contributed by atoms with Gasteiger partial charge in [0.1, 0.15) is 0 Å². The van der Waals surface area contributed by atoms with E-state index in [1.165, 1.54) is 17.0 Å². The highest BCUT2D eigenvalue weighted by Crippen LogP contribution is 2.33. The van der Waals surface area contributed by atoms with Crippen molar-refractivity contribution < 1.29 is 0 Å². The molecule has 0 saturated carbocycles. The summed E-state index contributed by atoms with van der Waals surface area (Å²) in [6, 6.07) is 9.03. The molecule has 1 unspecified atom stereocenters. The van der Waals surface area contributed by atoms with Gasteiger partial charge in [-0.2, -0.15) is 11.8 Å². The number of nitrogens with two attached hydrogens (primary N) is 1. The van der Waals surface area contributed by atoms with Gasteiger partial charge in [0.25, 0.3) is 0 Å². The molecule has 2 N–H and O–H groups in total. The van der Waals surface area contributed by atoms with Crippen LogP contribution < -0.4 is 10.6 Å². The highest BCUT2D eigenvalue weighted by molar-refractivity contribution is 8.00. The van der Waals surface area contributed by atoms with E-state index in [2.05, 4.69) is 61.7 Å². The summed E-state index contributed by atoms with van der Waals surface area (Å²) in [5, 5.41) is 0. The standard InChI is InChI=1S/C16H26N2S/c1-4-14(17)11-13-7-5-6-8-15(13)18-9-10-19-16(2,3)12-18/h5-8,14H,4,9-12,17H2,1-3H3. The monoisotopic (exact) mass is 278 g/mol. The summed E-state index contributed by atoms with van der Waals surface area (Å²) in [5.41, 5.74) is 8.93. The van der Waals surface area contributed by atoms with Gasteiger partial charge in [-0.1, -0.05) is 25.1 Å². The predicted octanol–water partition coefficient (Wildman–Crippen LogP) is 3.30. The summed E-state index contributed by atoms with van der Waals surface area (Å²) >= 11 is 2.08. The third kappa shape index (κ3) is 3.90. The fourth-order valence-corrected chi connectivity index (χ4v) is 3.75. The SMILES string of the molecule is CCC(N)Cc1ccccc1N1CCSC(C)(C)C1. The van der Waals surface area contributed by atoms with E-state index in [1.54, 1.807) is 0 Å². The zero-order valence-corrected chi connectivity index (χ0v) is 13.2. The van der Waals surface area contributed by atoms with Crippen LogP contribution in [-0.4, -0.2) is 29.6 Å². The summed E-state index contributed by atoms with van der Waals surface area (Å²) < 4.78 is 0.345. The molecule has 1 aromatic rings. The third-order valence-electron chi connectivity index (χ3n) is 3.76. The molecule has 0 amide bonds. The molecule has 3 heteroatoms. The predicted molar refractivity (Wildman–Crippen MR) is 87.2 cm³/mol. The molecule has 1 aromatic carbocycles. The molecule has 1 aliphatic heterocycles. The Bertz CT molecular complexity index is 417. The zero-order chi connectivity index (χ0) is 13.9. The maximum Gasteiger partial charge on any atom is 0.0400 e. The molecule has 106 valence electrons. The number of hydrogen-bond donors (Lipinski definition) is 1. The average molecular weight is 278 g/mol. The smallest absolute Gasteiger partial charge is 0.0400 e. The molecule has 0 bridgehead atoms. The van der Waals surface area contributed by atoms with E-state index >= 15 is 0 Å². The normalized spacial score (nSPS) is 20.3. The fourth-order valence-electron chi connectivity index (χ4n) is 2.64. The number of thioether (sulfide) groups is 1. The number of hydrogen-bond acceptors (Lipinski definition) is 3. The minimum Gasteiger partial charge on any atom is -0.369 e. The second-order valence-electron chi connectivity index (χ2n) is 6.03. The Labute approximate surface area is 121 Å². The van der Waals surface area contributed by atoms with Crippen molar-refractivity contribution in [1.82, 2.24) is 0 Å². The van der Waals surface area contributed by atoms with Crippen LogP contribution in [0.25, 0.3) is 0 Å². The Morgan fingerprint density at radius 2 is 2.11 bits per heavy atom. The van der Waals surface area contributed by atoms with Crippen molar-refractivity contribution in [2.24, 2.45) is 5.73 Å². The van der Waals surface area contributed by atoms with Gasteiger partial charge in [0, 0.05) is 35.3 Å². The first-order chi connectivity index (χ1) is 9.02. The number of rotatable bonds is 4. The van der Waals surface area contributed by atoms with E-state index in [4.69, 9.17) is 5.73 Å². The maximum absolute atomic E-state index is 6.13. The minimum absolute atomic E-state index is 0.272. The van der Waals surface area contributed by atoms with Crippen LogP contribution in [0, 0.1) is 0 Å². The number of anilines is 1. The molecule has 19 heavy (non-hydrogen) atoms. The summed E-state index contributed by atoms with van der Waals surface area (Å²) in [6.07, 6.45) is 2.02. The van der Waals surface area contributed by atoms with Crippen molar-refractivity contribution in [3.8, 4) is 0 Å².